The number of alkyl halides is 1. The summed E-state index contributed by atoms with van der Waals surface area (Å²) in [4.78, 5) is 29.8. The fourth-order valence-electron chi connectivity index (χ4n) is 7.81. The van der Waals surface area contributed by atoms with Gasteiger partial charge < -0.3 is 19.6 Å². The van der Waals surface area contributed by atoms with E-state index < -0.39 is 6.17 Å². The van der Waals surface area contributed by atoms with E-state index in [1.54, 1.807) is 17.0 Å². The highest BCUT2D eigenvalue weighted by atomic mass is 19.1. The molecule has 10 heteroatoms. The van der Waals surface area contributed by atoms with Crippen molar-refractivity contribution in [3.05, 3.63) is 46.9 Å². The molecule has 0 aliphatic carbocycles. The first-order chi connectivity index (χ1) is 20.8. The number of rotatable bonds is 6. The molecular formula is C33H39F2N5O3. The van der Waals surface area contributed by atoms with Gasteiger partial charge in [0.15, 0.2) is 0 Å². The van der Waals surface area contributed by atoms with Gasteiger partial charge in [-0.05, 0) is 74.1 Å². The first-order valence-corrected chi connectivity index (χ1v) is 15.7. The molecule has 0 saturated carbocycles. The van der Waals surface area contributed by atoms with Gasteiger partial charge >= 0.3 is 6.01 Å². The Hall–Kier alpha value is -3.53. The summed E-state index contributed by atoms with van der Waals surface area (Å²) in [5.74, 6) is 0.517. The summed E-state index contributed by atoms with van der Waals surface area (Å²) >= 11 is 0. The summed E-state index contributed by atoms with van der Waals surface area (Å²) in [5, 5.41) is 11.9. The lowest BCUT2D eigenvalue weighted by Crippen LogP contribution is -2.43. The summed E-state index contributed by atoms with van der Waals surface area (Å²) in [7, 11) is 0. The zero-order valence-electron chi connectivity index (χ0n) is 24.9. The minimum atomic E-state index is -0.861. The number of fused-ring (bicyclic) bond motifs is 3. The second-order valence-electron chi connectivity index (χ2n) is 12.9. The molecule has 8 nitrogen and oxygen atoms in total. The second-order valence-corrected chi connectivity index (χ2v) is 12.9. The number of ether oxygens (including phenoxy) is 1. The van der Waals surface area contributed by atoms with E-state index in [4.69, 9.17) is 14.7 Å². The highest BCUT2D eigenvalue weighted by Crippen LogP contribution is 2.43. The van der Waals surface area contributed by atoms with Crippen LogP contribution in [0.1, 0.15) is 74.0 Å². The molecule has 3 saturated heterocycles. The summed E-state index contributed by atoms with van der Waals surface area (Å²) in [6, 6.07) is 6.36. The zero-order valence-corrected chi connectivity index (χ0v) is 24.9. The van der Waals surface area contributed by atoms with Crippen molar-refractivity contribution in [3.8, 4) is 11.8 Å². The number of nitrogens with zero attached hydrogens (tertiary/aromatic N) is 5. The van der Waals surface area contributed by atoms with E-state index in [0.717, 1.165) is 51.7 Å². The molecule has 3 aromatic rings. The largest absolute Gasteiger partial charge is 0.508 e. The Morgan fingerprint density at radius 1 is 1.14 bits per heavy atom. The van der Waals surface area contributed by atoms with Gasteiger partial charge in [-0.1, -0.05) is 19.9 Å². The van der Waals surface area contributed by atoms with Crippen LogP contribution in [0.5, 0.6) is 11.8 Å². The van der Waals surface area contributed by atoms with Gasteiger partial charge in [-0.15, -0.1) is 0 Å². The van der Waals surface area contributed by atoms with Gasteiger partial charge in [0.05, 0.1) is 23.5 Å². The average Bonchev–Trinajstić information content (AvgIpc) is 3.56. The molecule has 1 amide bonds. The van der Waals surface area contributed by atoms with E-state index in [0.29, 0.717) is 71.0 Å². The zero-order chi connectivity index (χ0) is 29.9. The Morgan fingerprint density at radius 2 is 2.00 bits per heavy atom. The molecule has 3 fully saturated rings. The molecule has 1 aromatic heterocycles. The minimum absolute atomic E-state index is 0.000132. The van der Waals surface area contributed by atoms with Gasteiger partial charge in [0.2, 0.25) is 0 Å². The van der Waals surface area contributed by atoms with E-state index in [2.05, 4.69) is 16.7 Å². The monoisotopic (exact) mass is 591 g/mol. The molecule has 4 aliphatic rings. The number of amides is 1. The Bertz CT molecular complexity index is 1580. The Balaban J connectivity index is 1.29. The molecule has 4 aliphatic heterocycles. The number of anilines is 2. The number of hydrogen-bond donors (Lipinski definition) is 1. The fraction of sp³-hybridized carbons (Fsp3) is 0.545. The van der Waals surface area contributed by atoms with Gasteiger partial charge in [0.25, 0.3) is 5.91 Å². The molecular weight excluding hydrogens is 552 g/mol. The molecule has 0 bridgehead atoms. The highest BCUT2D eigenvalue weighted by molar-refractivity contribution is 6.16. The van der Waals surface area contributed by atoms with E-state index in [1.165, 1.54) is 12.1 Å². The van der Waals surface area contributed by atoms with Crippen LogP contribution in [-0.2, 0) is 13.0 Å². The number of phenols is 1. The number of phenolic OH excluding ortho intramolecular Hbond substituents is 1. The third-order valence-electron chi connectivity index (χ3n) is 10.0. The quantitative estimate of drug-likeness (QED) is 0.389. The normalized spacial score (nSPS) is 25.8. The lowest BCUT2D eigenvalue weighted by Gasteiger charge is -2.31. The maximum absolute atomic E-state index is 15.0. The van der Waals surface area contributed by atoms with Gasteiger partial charge in [0.1, 0.15) is 35.7 Å². The van der Waals surface area contributed by atoms with Crippen LogP contribution >= 0.6 is 0 Å². The highest BCUT2D eigenvalue weighted by Gasteiger charge is 2.49. The number of aromatic hydroxyl groups is 1. The van der Waals surface area contributed by atoms with E-state index in [-0.39, 0.29) is 35.6 Å². The second kappa shape index (κ2) is 10.9. The first kappa shape index (κ1) is 28.3. The lowest BCUT2D eigenvalue weighted by atomic mass is 9.95. The van der Waals surface area contributed by atoms with Gasteiger partial charge in [0, 0.05) is 37.5 Å². The van der Waals surface area contributed by atoms with Crippen molar-refractivity contribution in [2.75, 3.05) is 42.6 Å². The van der Waals surface area contributed by atoms with Crippen LogP contribution in [0.3, 0.4) is 0 Å². The van der Waals surface area contributed by atoms with Crippen molar-refractivity contribution in [1.29, 1.82) is 0 Å². The van der Waals surface area contributed by atoms with Crippen LogP contribution in [0.15, 0.2) is 24.3 Å². The van der Waals surface area contributed by atoms with Crippen molar-refractivity contribution in [1.82, 2.24) is 14.9 Å². The van der Waals surface area contributed by atoms with Gasteiger partial charge in [-0.2, -0.15) is 9.97 Å². The summed E-state index contributed by atoms with van der Waals surface area (Å²) in [6.45, 7) is 7.41. The van der Waals surface area contributed by atoms with E-state index in [1.807, 2.05) is 6.92 Å². The van der Waals surface area contributed by atoms with Crippen molar-refractivity contribution in [2.45, 2.75) is 77.0 Å². The van der Waals surface area contributed by atoms with Crippen molar-refractivity contribution < 1.29 is 23.4 Å². The summed E-state index contributed by atoms with van der Waals surface area (Å²) in [5.41, 5.74) is 1.58. The molecule has 3 atom stereocenters. The number of benzene rings is 2. The first-order valence-electron chi connectivity index (χ1n) is 15.7. The molecule has 1 N–H and O–H groups in total. The van der Waals surface area contributed by atoms with Crippen molar-refractivity contribution >= 4 is 28.2 Å². The standard InChI is InChI=1S/C33H39F2N5O3/c1-3-24-25(35)8-7-21-14-23(41)15-27(28(21)24)40-18-26-29(31(40)42)30(38-11-4-6-20(2)9-13-38)37-32(36-26)43-19-33-10-5-12-39(33)17-22(34)16-33/h7-8,14-15,20,22,41H,3-6,9-13,16-19H2,1-2H3/t20?,22-,33+/m1/s1. The third kappa shape index (κ3) is 4.87. The smallest absolute Gasteiger partial charge is 0.318 e. The number of aromatic nitrogens is 2. The summed E-state index contributed by atoms with van der Waals surface area (Å²) in [6.07, 6.45) is 4.99. The Morgan fingerprint density at radius 3 is 2.84 bits per heavy atom. The molecule has 228 valence electrons. The topological polar surface area (TPSA) is 82.0 Å². The fourth-order valence-corrected chi connectivity index (χ4v) is 7.81. The Kier molecular flexibility index (Phi) is 7.15. The van der Waals surface area contributed by atoms with Gasteiger partial charge in [-0.25, -0.2) is 8.78 Å². The number of aryl methyl sites for hydroxylation is 1. The van der Waals surface area contributed by atoms with Gasteiger partial charge in [-0.3, -0.25) is 9.69 Å². The molecule has 43 heavy (non-hydrogen) atoms. The minimum Gasteiger partial charge on any atom is -0.508 e. The molecule has 7 rings (SSSR count). The van der Waals surface area contributed by atoms with Crippen LogP contribution in [0.2, 0.25) is 0 Å². The maximum atomic E-state index is 15.0. The third-order valence-corrected chi connectivity index (χ3v) is 10.0. The number of halogens is 2. The molecule has 0 radical (unpaired) electrons. The molecule has 0 spiro atoms. The lowest BCUT2D eigenvalue weighted by molar-refractivity contribution is 0.0996. The van der Waals surface area contributed by atoms with Crippen molar-refractivity contribution in [3.63, 3.8) is 0 Å². The van der Waals surface area contributed by atoms with Crippen molar-refractivity contribution in [2.24, 2.45) is 5.92 Å². The SMILES string of the molecule is CCc1c(F)ccc2cc(O)cc(N3Cc4nc(OC[C@@]56CCCN5C[C@H](F)C6)nc(N5CCCC(C)CC5)c4C3=O)c12. The van der Waals surface area contributed by atoms with E-state index >= 15 is 0 Å². The van der Waals surface area contributed by atoms with Crippen LogP contribution < -0.4 is 14.5 Å². The van der Waals surface area contributed by atoms with Crippen LogP contribution in [0.4, 0.5) is 20.3 Å². The number of carbonyl (C=O) groups is 1. The number of hydrogen-bond acceptors (Lipinski definition) is 7. The average molecular weight is 592 g/mol. The van der Waals surface area contributed by atoms with E-state index in [9.17, 15) is 18.7 Å². The maximum Gasteiger partial charge on any atom is 0.318 e. The summed E-state index contributed by atoms with van der Waals surface area (Å²) < 4.78 is 35.7. The molecule has 2 aromatic carbocycles. The number of carbonyl (C=O) groups excluding carboxylic acids is 1. The predicted octanol–water partition coefficient (Wildman–Crippen LogP) is 5.78. The van der Waals surface area contributed by atoms with Crippen LogP contribution in [-0.4, -0.2) is 70.4 Å². The molecule has 5 heterocycles. The molecule has 1 unspecified atom stereocenters. The van der Waals surface area contributed by atoms with Crippen LogP contribution in [0, 0.1) is 11.7 Å². The van der Waals surface area contributed by atoms with Crippen LogP contribution in [0.25, 0.3) is 10.8 Å². The Labute approximate surface area is 250 Å². The predicted molar refractivity (Wildman–Crippen MR) is 161 cm³/mol.